The third-order valence-corrected chi connectivity index (χ3v) is 5.60. The van der Waals surface area contributed by atoms with Crippen LogP contribution in [-0.4, -0.2) is 38.7 Å². The fourth-order valence-corrected chi connectivity index (χ4v) is 3.88. The van der Waals surface area contributed by atoms with Gasteiger partial charge in [-0.3, -0.25) is 4.99 Å². The molecule has 0 saturated carbocycles. The lowest BCUT2D eigenvalue weighted by Gasteiger charge is -2.33. The maximum absolute atomic E-state index is 12.6. The highest BCUT2D eigenvalue weighted by atomic mass is 32.1. The molecule has 2 heterocycles. The van der Waals surface area contributed by atoms with Gasteiger partial charge in [-0.25, -0.2) is 0 Å². The lowest BCUT2D eigenvalue weighted by Crippen LogP contribution is -2.48. The van der Waals surface area contributed by atoms with Crippen LogP contribution in [0, 0.1) is 11.8 Å². The number of alkyl halides is 3. The Balaban J connectivity index is 1.43. The number of benzene rings is 1. The van der Waals surface area contributed by atoms with Crippen LogP contribution in [0.5, 0.6) is 0 Å². The Hall–Kier alpha value is -2.66. The van der Waals surface area contributed by atoms with Crippen molar-refractivity contribution in [2.24, 2.45) is 4.99 Å². The number of aliphatic imine (C=N–C) groups is 1. The van der Waals surface area contributed by atoms with Gasteiger partial charge in [0.15, 0.2) is 5.96 Å². The zero-order valence-electron chi connectivity index (χ0n) is 16.1. The van der Waals surface area contributed by atoms with Crippen LogP contribution in [-0.2, 0) is 6.18 Å². The number of guanidine groups is 1. The van der Waals surface area contributed by atoms with Crippen molar-refractivity contribution < 1.29 is 13.2 Å². The monoisotopic (exact) mass is 420 g/mol. The fraction of sp³-hybridized carbons (Fsp3) is 0.381. The number of hydrogen-bond acceptors (Lipinski definition) is 3. The molecule has 0 amide bonds. The van der Waals surface area contributed by atoms with E-state index in [2.05, 4.69) is 49.9 Å². The maximum atomic E-state index is 12.6. The quantitative estimate of drug-likeness (QED) is 0.449. The van der Waals surface area contributed by atoms with E-state index >= 15 is 0 Å². The molecule has 0 radical (unpaired) electrons. The lowest BCUT2D eigenvalue weighted by molar-refractivity contribution is -0.137. The Morgan fingerprint density at radius 2 is 1.93 bits per heavy atom. The van der Waals surface area contributed by atoms with Crippen molar-refractivity contribution >= 4 is 22.3 Å². The van der Waals surface area contributed by atoms with Crippen LogP contribution < -0.4 is 15.5 Å². The number of thiophene rings is 1. The van der Waals surface area contributed by atoms with Crippen LogP contribution in [0.25, 0.3) is 0 Å². The van der Waals surface area contributed by atoms with Gasteiger partial charge in [-0.2, -0.15) is 13.2 Å². The molecule has 0 atom stereocenters. The van der Waals surface area contributed by atoms with Crippen LogP contribution in [0.1, 0.15) is 24.0 Å². The number of anilines is 1. The van der Waals surface area contributed by atoms with Crippen LogP contribution in [0.3, 0.4) is 0 Å². The van der Waals surface area contributed by atoms with E-state index in [4.69, 9.17) is 0 Å². The van der Waals surface area contributed by atoms with Gasteiger partial charge in [-0.05, 0) is 54.6 Å². The molecule has 4 nitrogen and oxygen atoms in total. The molecule has 0 unspecified atom stereocenters. The van der Waals surface area contributed by atoms with Gasteiger partial charge in [0.25, 0.3) is 0 Å². The second-order valence-electron chi connectivity index (χ2n) is 6.66. The third-order valence-electron chi connectivity index (χ3n) is 4.67. The lowest BCUT2D eigenvalue weighted by atomic mass is 10.1. The third kappa shape index (κ3) is 6.16. The summed E-state index contributed by atoms with van der Waals surface area (Å²) in [5.41, 5.74) is -0.125. The van der Waals surface area contributed by atoms with E-state index in [9.17, 15) is 13.2 Å². The molecule has 3 rings (SSSR count). The van der Waals surface area contributed by atoms with Crippen LogP contribution in [0.4, 0.5) is 18.2 Å². The predicted octanol–water partition coefficient (Wildman–Crippen LogP) is 3.95. The van der Waals surface area contributed by atoms with Gasteiger partial charge in [0.05, 0.1) is 17.1 Å². The molecular formula is C21H23F3N4S. The molecule has 1 saturated heterocycles. The van der Waals surface area contributed by atoms with E-state index in [-0.39, 0.29) is 0 Å². The number of hydrogen-bond donors (Lipinski definition) is 2. The summed E-state index contributed by atoms with van der Waals surface area (Å²) in [5.74, 6) is 6.46. The van der Waals surface area contributed by atoms with Gasteiger partial charge in [0.2, 0.25) is 0 Å². The standard InChI is InChI=1S/C21H23F3N4S/c1-25-20(27-18-10-13-28(14-11-18)19-5-3-15-29-19)26-12-2-4-16-6-8-17(9-7-16)21(22,23)24/h3,5-9,15,18H,10-14H2,1H3,(H2,25,26,27). The van der Waals surface area contributed by atoms with Gasteiger partial charge in [-0.15, -0.1) is 11.3 Å². The topological polar surface area (TPSA) is 39.7 Å². The van der Waals surface area contributed by atoms with E-state index in [1.54, 1.807) is 18.4 Å². The number of halogens is 3. The number of rotatable bonds is 3. The van der Waals surface area contributed by atoms with Crippen LogP contribution in [0.2, 0.25) is 0 Å². The molecule has 0 aliphatic carbocycles. The number of piperidine rings is 1. The first-order valence-electron chi connectivity index (χ1n) is 9.37. The van der Waals surface area contributed by atoms with Gasteiger partial charge in [0.1, 0.15) is 0 Å². The molecule has 0 spiro atoms. The normalized spacial score (nSPS) is 15.6. The summed E-state index contributed by atoms with van der Waals surface area (Å²) in [6.45, 7) is 2.36. The molecule has 2 N–H and O–H groups in total. The Morgan fingerprint density at radius 1 is 1.21 bits per heavy atom. The fourth-order valence-electron chi connectivity index (χ4n) is 3.10. The van der Waals surface area contributed by atoms with E-state index in [1.807, 2.05) is 0 Å². The Kier molecular flexibility index (Phi) is 7.04. The first-order chi connectivity index (χ1) is 14.0. The van der Waals surface area contributed by atoms with Gasteiger partial charge < -0.3 is 15.5 Å². The van der Waals surface area contributed by atoms with E-state index in [0.717, 1.165) is 38.1 Å². The zero-order chi connectivity index (χ0) is 20.7. The van der Waals surface area contributed by atoms with Gasteiger partial charge in [-0.1, -0.05) is 11.8 Å². The summed E-state index contributed by atoms with van der Waals surface area (Å²) in [4.78, 5) is 6.62. The summed E-state index contributed by atoms with van der Waals surface area (Å²) in [5, 5.41) is 9.96. The summed E-state index contributed by atoms with van der Waals surface area (Å²) >= 11 is 1.76. The minimum Gasteiger partial charge on any atom is -0.363 e. The van der Waals surface area contributed by atoms with E-state index in [1.165, 1.54) is 17.1 Å². The molecule has 29 heavy (non-hydrogen) atoms. The summed E-state index contributed by atoms with van der Waals surface area (Å²) in [7, 11) is 1.71. The Bertz CT molecular complexity index is 856. The van der Waals surface area contributed by atoms with Crippen molar-refractivity contribution in [2.45, 2.75) is 25.1 Å². The minimum absolute atomic E-state index is 0.347. The summed E-state index contributed by atoms with van der Waals surface area (Å²) in [6, 6.07) is 9.41. The van der Waals surface area contributed by atoms with Gasteiger partial charge in [0, 0.05) is 31.7 Å². The highest BCUT2D eigenvalue weighted by Crippen LogP contribution is 2.29. The molecule has 8 heteroatoms. The smallest absolute Gasteiger partial charge is 0.363 e. The van der Waals surface area contributed by atoms with Crippen LogP contribution in [0.15, 0.2) is 46.8 Å². The Morgan fingerprint density at radius 3 is 2.52 bits per heavy atom. The number of nitrogens with one attached hydrogen (secondary N) is 2. The molecular weight excluding hydrogens is 397 g/mol. The molecule has 1 aliphatic heterocycles. The molecule has 1 aromatic heterocycles. The first-order valence-corrected chi connectivity index (χ1v) is 10.3. The highest BCUT2D eigenvalue weighted by Gasteiger charge is 2.29. The minimum atomic E-state index is -4.33. The molecule has 0 bridgehead atoms. The van der Waals surface area contributed by atoms with E-state index in [0.29, 0.717) is 24.1 Å². The highest BCUT2D eigenvalue weighted by molar-refractivity contribution is 7.14. The Labute approximate surface area is 172 Å². The van der Waals surface area contributed by atoms with Gasteiger partial charge >= 0.3 is 6.18 Å². The average molecular weight is 421 g/mol. The van der Waals surface area contributed by atoms with Crippen molar-refractivity contribution in [2.75, 3.05) is 31.6 Å². The second-order valence-corrected chi connectivity index (χ2v) is 7.59. The molecule has 154 valence electrons. The maximum Gasteiger partial charge on any atom is 0.416 e. The molecule has 1 aliphatic rings. The molecule has 1 aromatic carbocycles. The largest absolute Gasteiger partial charge is 0.416 e. The van der Waals surface area contributed by atoms with Crippen molar-refractivity contribution in [3.8, 4) is 11.8 Å². The molecule has 2 aromatic rings. The van der Waals surface area contributed by atoms with Crippen LogP contribution >= 0.6 is 11.3 Å². The first kappa shape index (κ1) is 21.1. The predicted molar refractivity (Wildman–Crippen MR) is 112 cm³/mol. The average Bonchev–Trinajstić information content (AvgIpc) is 3.25. The SMILES string of the molecule is CN=C(NCC#Cc1ccc(C(F)(F)F)cc1)NC1CCN(c2cccs2)CC1. The summed E-state index contributed by atoms with van der Waals surface area (Å²) in [6.07, 6.45) is -2.28. The second kappa shape index (κ2) is 9.70. The number of nitrogens with zero attached hydrogens (tertiary/aromatic N) is 2. The van der Waals surface area contributed by atoms with Crippen molar-refractivity contribution in [3.05, 3.63) is 52.9 Å². The zero-order valence-corrected chi connectivity index (χ0v) is 16.9. The molecule has 1 fully saturated rings. The van der Waals surface area contributed by atoms with Crippen molar-refractivity contribution in [1.29, 1.82) is 0 Å². The van der Waals surface area contributed by atoms with Crippen molar-refractivity contribution in [1.82, 2.24) is 10.6 Å². The van der Waals surface area contributed by atoms with E-state index < -0.39 is 11.7 Å². The van der Waals surface area contributed by atoms with Crippen molar-refractivity contribution in [3.63, 3.8) is 0 Å². The summed E-state index contributed by atoms with van der Waals surface area (Å²) < 4.78 is 37.7.